The summed E-state index contributed by atoms with van der Waals surface area (Å²) in [4.78, 5) is 2.41. The number of allylic oxidation sites excluding steroid dienone is 2. The minimum Gasteiger partial charge on any atom is -0.309 e. The topological polar surface area (TPSA) is 3.24 Å². The standard InChI is InChI=1S/C42H83N/c1-36(2)24-21-27-40(7)29-22-28-38(5)25-17-13-11-15-19-32-42(35-43(9)10)33-20-16-12-14-18-26-39(6)30-23-31-41(8)34-37(3)4/h36-37,40-42H,5-6,11-35H2,1-4,7-10H3. The molecule has 0 radical (unpaired) electrons. The van der Waals surface area contributed by atoms with E-state index in [1.165, 1.54) is 172 Å². The van der Waals surface area contributed by atoms with E-state index < -0.39 is 0 Å². The maximum absolute atomic E-state index is 4.40. The minimum atomic E-state index is 0.834. The Balaban J connectivity index is 3.78. The van der Waals surface area contributed by atoms with Gasteiger partial charge in [0.2, 0.25) is 0 Å². The molecule has 0 amide bonds. The molecule has 0 spiro atoms. The van der Waals surface area contributed by atoms with Crippen molar-refractivity contribution in [1.82, 2.24) is 4.90 Å². The number of unbranched alkanes of at least 4 members (excludes halogenated alkanes) is 8. The minimum absolute atomic E-state index is 0.834. The van der Waals surface area contributed by atoms with Crippen molar-refractivity contribution in [3.8, 4) is 0 Å². The lowest BCUT2D eigenvalue weighted by Gasteiger charge is -2.21. The molecule has 0 rings (SSSR count). The van der Waals surface area contributed by atoms with Gasteiger partial charge in [-0.05, 0) is 114 Å². The molecule has 1 nitrogen and oxygen atoms in total. The van der Waals surface area contributed by atoms with Gasteiger partial charge in [-0.1, -0.05) is 149 Å². The Morgan fingerprint density at radius 2 is 0.860 bits per heavy atom. The number of hydrogen-bond donors (Lipinski definition) is 0. The number of nitrogens with zero attached hydrogens (tertiary/aromatic N) is 1. The lowest BCUT2D eigenvalue weighted by Crippen LogP contribution is -2.21. The molecule has 0 aromatic rings. The van der Waals surface area contributed by atoms with Crippen molar-refractivity contribution in [2.75, 3.05) is 20.6 Å². The lowest BCUT2D eigenvalue weighted by molar-refractivity contribution is 0.286. The highest BCUT2D eigenvalue weighted by Gasteiger charge is 2.10. The molecule has 0 aromatic heterocycles. The van der Waals surface area contributed by atoms with Crippen LogP contribution >= 0.6 is 0 Å². The third-order valence-corrected chi connectivity index (χ3v) is 9.72. The number of hydrogen-bond acceptors (Lipinski definition) is 1. The van der Waals surface area contributed by atoms with E-state index in [0.717, 1.165) is 29.6 Å². The average molecular weight is 602 g/mol. The summed E-state index contributed by atoms with van der Waals surface area (Å²) in [6, 6.07) is 0. The van der Waals surface area contributed by atoms with E-state index in [0.29, 0.717) is 0 Å². The fourth-order valence-corrected chi connectivity index (χ4v) is 7.11. The van der Waals surface area contributed by atoms with Gasteiger partial charge in [-0.3, -0.25) is 0 Å². The highest BCUT2D eigenvalue weighted by molar-refractivity contribution is 4.94. The highest BCUT2D eigenvalue weighted by Crippen LogP contribution is 2.24. The fourth-order valence-electron chi connectivity index (χ4n) is 7.11. The van der Waals surface area contributed by atoms with Gasteiger partial charge in [-0.15, -0.1) is 0 Å². The Bertz CT molecular complexity index is 629. The van der Waals surface area contributed by atoms with Gasteiger partial charge in [0, 0.05) is 6.54 Å². The summed E-state index contributed by atoms with van der Waals surface area (Å²) in [5.74, 6) is 4.34. The second-order valence-corrected chi connectivity index (χ2v) is 16.2. The zero-order chi connectivity index (χ0) is 32.3. The van der Waals surface area contributed by atoms with Crippen molar-refractivity contribution in [2.24, 2.45) is 29.6 Å². The van der Waals surface area contributed by atoms with Crippen LogP contribution in [0.3, 0.4) is 0 Å². The van der Waals surface area contributed by atoms with Crippen molar-refractivity contribution >= 4 is 0 Å². The molecular weight excluding hydrogens is 518 g/mol. The molecule has 0 aliphatic rings. The summed E-state index contributed by atoms with van der Waals surface area (Å²) < 4.78 is 0. The van der Waals surface area contributed by atoms with Gasteiger partial charge in [0.25, 0.3) is 0 Å². The summed E-state index contributed by atoms with van der Waals surface area (Å²) in [6.45, 7) is 24.3. The summed E-state index contributed by atoms with van der Waals surface area (Å²) in [6.07, 6.45) is 32.9. The van der Waals surface area contributed by atoms with E-state index in [9.17, 15) is 0 Å². The Morgan fingerprint density at radius 3 is 1.33 bits per heavy atom. The van der Waals surface area contributed by atoms with Crippen molar-refractivity contribution in [3.63, 3.8) is 0 Å². The first-order chi connectivity index (χ1) is 20.5. The lowest BCUT2D eigenvalue weighted by atomic mass is 9.92. The molecule has 0 saturated carbocycles. The SMILES string of the molecule is C=C(CCCCCCCC(CCCCCCCC(=C)CCCC(C)CC(C)C)CN(C)C)CCCC(C)CCCC(C)C. The number of rotatable bonds is 32. The summed E-state index contributed by atoms with van der Waals surface area (Å²) in [5.41, 5.74) is 3.01. The second kappa shape index (κ2) is 28.9. The molecule has 3 unspecified atom stereocenters. The predicted octanol–water partition coefficient (Wildman–Crippen LogP) is 14.2. The molecule has 256 valence electrons. The van der Waals surface area contributed by atoms with Crippen LogP contribution in [0, 0.1) is 29.6 Å². The van der Waals surface area contributed by atoms with Gasteiger partial charge in [0.15, 0.2) is 0 Å². The van der Waals surface area contributed by atoms with Crippen molar-refractivity contribution in [3.05, 3.63) is 24.3 Å². The maximum atomic E-state index is 4.40. The molecule has 0 saturated heterocycles. The molecule has 0 bridgehead atoms. The summed E-state index contributed by atoms with van der Waals surface area (Å²) in [7, 11) is 4.51. The molecule has 0 N–H and O–H groups in total. The molecule has 3 atom stereocenters. The first-order valence-corrected chi connectivity index (χ1v) is 19.5. The van der Waals surface area contributed by atoms with E-state index in [1.807, 2.05) is 0 Å². The maximum Gasteiger partial charge on any atom is 0.000356 e. The van der Waals surface area contributed by atoms with Crippen LogP contribution in [0.2, 0.25) is 0 Å². The Hall–Kier alpha value is -0.560. The third-order valence-electron chi connectivity index (χ3n) is 9.72. The molecule has 0 heterocycles. The fraction of sp³-hybridized carbons (Fsp3) is 0.905. The van der Waals surface area contributed by atoms with Crippen LogP contribution in [-0.4, -0.2) is 25.5 Å². The van der Waals surface area contributed by atoms with Crippen LogP contribution < -0.4 is 0 Å². The largest absolute Gasteiger partial charge is 0.309 e. The van der Waals surface area contributed by atoms with Gasteiger partial charge >= 0.3 is 0 Å². The third kappa shape index (κ3) is 31.2. The average Bonchev–Trinajstić information content (AvgIpc) is 2.90. The van der Waals surface area contributed by atoms with Crippen LogP contribution in [0.15, 0.2) is 24.3 Å². The van der Waals surface area contributed by atoms with Crippen LogP contribution in [0.25, 0.3) is 0 Å². The first kappa shape index (κ1) is 42.4. The molecule has 1 heteroatoms. The van der Waals surface area contributed by atoms with E-state index in [-0.39, 0.29) is 0 Å². The van der Waals surface area contributed by atoms with E-state index in [1.54, 1.807) is 0 Å². The van der Waals surface area contributed by atoms with Gasteiger partial charge in [-0.2, -0.15) is 0 Å². The Labute approximate surface area is 274 Å². The van der Waals surface area contributed by atoms with Crippen molar-refractivity contribution in [2.45, 2.75) is 196 Å². The van der Waals surface area contributed by atoms with Gasteiger partial charge in [0.1, 0.15) is 0 Å². The molecular formula is C42H83N. The quantitative estimate of drug-likeness (QED) is 0.0547. The van der Waals surface area contributed by atoms with Crippen LogP contribution in [-0.2, 0) is 0 Å². The van der Waals surface area contributed by atoms with E-state index in [2.05, 4.69) is 73.7 Å². The predicted molar refractivity (Wildman–Crippen MR) is 199 cm³/mol. The van der Waals surface area contributed by atoms with Crippen LogP contribution in [0.5, 0.6) is 0 Å². The van der Waals surface area contributed by atoms with E-state index in [4.69, 9.17) is 0 Å². The van der Waals surface area contributed by atoms with Crippen molar-refractivity contribution in [1.29, 1.82) is 0 Å². The van der Waals surface area contributed by atoms with Crippen molar-refractivity contribution < 1.29 is 0 Å². The summed E-state index contributed by atoms with van der Waals surface area (Å²) >= 11 is 0. The molecule has 43 heavy (non-hydrogen) atoms. The smallest absolute Gasteiger partial charge is 0.000356 e. The normalized spacial score (nSPS) is 14.1. The first-order valence-electron chi connectivity index (χ1n) is 19.5. The second-order valence-electron chi connectivity index (χ2n) is 16.2. The van der Waals surface area contributed by atoms with Gasteiger partial charge < -0.3 is 4.90 Å². The zero-order valence-corrected chi connectivity index (χ0v) is 31.4. The van der Waals surface area contributed by atoms with Crippen LogP contribution in [0.1, 0.15) is 196 Å². The van der Waals surface area contributed by atoms with Crippen LogP contribution in [0.4, 0.5) is 0 Å². The molecule has 0 fully saturated rings. The van der Waals surface area contributed by atoms with E-state index >= 15 is 0 Å². The Morgan fingerprint density at radius 1 is 0.442 bits per heavy atom. The molecule has 0 aliphatic heterocycles. The van der Waals surface area contributed by atoms with Gasteiger partial charge in [-0.25, -0.2) is 0 Å². The van der Waals surface area contributed by atoms with Gasteiger partial charge in [0.05, 0.1) is 0 Å². The molecule has 0 aliphatic carbocycles. The monoisotopic (exact) mass is 602 g/mol. The zero-order valence-electron chi connectivity index (χ0n) is 31.4. The Kier molecular flexibility index (Phi) is 28.5. The highest BCUT2D eigenvalue weighted by atomic mass is 15.1. The molecule has 0 aromatic carbocycles. The summed E-state index contributed by atoms with van der Waals surface area (Å²) in [5, 5.41) is 0.